The predicted octanol–water partition coefficient (Wildman–Crippen LogP) is 4.68. The van der Waals surface area contributed by atoms with Crippen LogP contribution in [0.4, 0.5) is 5.95 Å². The minimum atomic E-state index is 0.360. The van der Waals surface area contributed by atoms with Gasteiger partial charge in [0.2, 0.25) is 5.95 Å². The maximum Gasteiger partial charge on any atom is 0.221 e. The lowest BCUT2D eigenvalue weighted by Gasteiger charge is -2.02. The Morgan fingerprint density at radius 2 is 1.31 bits per heavy atom. The normalized spacial score (nSPS) is 11.1. The van der Waals surface area contributed by atoms with Crippen LogP contribution in [0, 0.1) is 0 Å². The largest absolute Gasteiger partial charge is 0.368 e. The summed E-state index contributed by atoms with van der Waals surface area (Å²) >= 11 is 0. The number of nitrogens with zero attached hydrogens (tertiary/aromatic N) is 3. The van der Waals surface area contributed by atoms with E-state index in [4.69, 9.17) is 5.73 Å². The van der Waals surface area contributed by atoms with Gasteiger partial charge in [-0.2, -0.15) is 5.10 Å². The van der Waals surface area contributed by atoms with Gasteiger partial charge in [-0.15, -0.1) is 0 Å². The van der Waals surface area contributed by atoms with E-state index in [0.29, 0.717) is 5.95 Å². The zero-order chi connectivity index (χ0) is 17.8. The molecule has 4 heteroatoms. The third-order valence-electron chi connectivity index (χ3n) is 4.13. The van der Waals surface area contributed by atoms with Crippen molar-refractivity contribution < 1.29 is 0 Å². The van der Waals surface area contributed by atoms with Crippen LogP contribution in [-0.4, -0.2) is 15.9 Å². The van der Waals surface area contributed by atoms with E-state index < -0.39 is 0 Å². The highest BCUT2D eigenvalue weighted by molar-refractivity contribution is 5.79. The summed E-state index contributed by atoms with van der Waals surface area (Å²) in [6.07, 6.45) is 3.60. The summed E-state index contributed by atoms with van der Waals surface area (Å²) in [6.45, 7) is 0. The fourth-order valence-corrected chi connectivity index (χ4v) is 2.75. The molecule has 0 aliphatic rings. The average Bonchev–Trinajstić information content (AvgIpc) is 3.09. The first-order valence-electron chi connectivity index (χ1n) is 8.40. The van der Waals surface area contributed by atoms with Gasteiger partial charge in [-0.3, -0.25) is 0 Å². The highest BCUT2D eigenvalue weighted by atomic mass is 15.4. The Morgan fingerprint density at radius 1 is 0.731 bits per heavy atom. The van der Waals surface area contributed by atoms with Crippen LogP contribution in [0.2, 0.25) is 0 Å². The fourth-order valence-electron chi connectivity index (χ4n) is 2.75. The molecule has 0 bridgehead atoms. The van der Waals surface area contributed by atoms with Gasteiger partial charge in [0.25, 0.3) is 0 Å². The highest BCUT2D eigenvalue weighted by Gasteiger charge is 2.07. The van der Waals surface area contributed by atoms with Crippen molar-refractivity contribution in [1.82, 2.24) is 9.66 Å². The molecule has 1 aromatic heterocycles. The van der Waals surface area contributed by atoms with Gasteiger partial charge in [-0.05, 0) is 16.7 Å². The van der Waals surface area contributed by atoms with Gasteiger partial charge >= 0.3 is 0 Å². The van der Waals surface area contributed by atoms with Crippen LogP contribution in [0.15, 0.2) is 96.2 Å². The van der Waals surface area contributed by atoms with Gasteiger partial charge in [0, 0.05) is 5.56 Å². The van der Waals surface area contributed by atoms with Gasteiger partial charge in [0.05, 0.1) is 18.1 Å². The third kappa shape index (κ3) is 3.39. The van der Waals surface area contributed by atoms with Crippen LogP contribution < -0.4 is 5.73 Å². The first kappa shape index (κ1) is 15.8. The molecule has 4 nitrogen and oxygen atoms in total. The van der Waals surface area contributed by atoms with Gasteiger partial charge in [0.1, 0.15) is 0 Å². The molecule has 26 heavy (non-hydrogen) atoms. The number of nitrogens with two attached hydrogens (primary N) is 1. The maximum absolute atomic E-state index is 6.00. The molecule has 0 atom stereocenters. The molecule has 0 aliphatic heterocycles. The molecular formula is C22H18N4. The molecule has 0 aliphatic carbocycles. The van der Waals surface area contributed by atoms with Crippen molar-refractivity contribution in [3.05, 3.63) is 96.7 Å². The molecule has 0 saturated heterocycles. The summed E-state index contributed by atoms with van der Waals surface area (Å²) in [5, 5.41) is 4.39. The second-order valence-electron chi connectivity index (χ2n) is 5.93. The van der Waals surface area contributed by atoms with Crippen LogP contribution in [0.1, 0.15) is 5.56 Å². The first-order valence-corrected chi connectivity index (χ1v) is 8.40. The minimum Gasteiger partial charge on any atom is -0.368 e. The number of rotatable bonds is 4. The van der Waals surface area contributed by atoms with E-state index in [1.807, 2.05) is 54.7 Å². The van der Waals surface area contributed by atoms with E-state index in [0.717, 1.165) is 16.8 Å². The van der Waals surface area contributed by atoms with Gasteiger partial charge in [-0.1, -0.05) is 84.9 Å². The van der Waals surface area contributed by atoms with E-state index >= 15 is 0 Å². The van der Waals surface area contributed by atoms with Crippen LogP contribution in [0.5, 0.6) is 0 Å². The number of benzene rings is 3. The molecule has 0 unspecified atom stereocenters. The van der Waals surface area contributed by atoms with E-state index in [2.05, 4.69) is 46.5 Å². The quantitative estimate of drug-likeness (QED) is 0.549. The van der Waals surface area contributed by atoms with Gasteiger partial charge < -0.3 is 5.73 Å². The smallest absolute Gasteiger partial charge is 0.221 e. The van der Waals surface area contributed by atoms with Gasteiger partial charge in [-0.25, -0.2) is 9.66 Å². The summed E-state index contributed by atoms with van der Waals surface area (Å²) < 4.78 is 1.59. The molecule has 0 amide bonds. The molecule has 0 spiro atoms. The molecule has 4 aromatic rings. The van der Waals surface area contributed by atoms with Crippen LogP contribution in [0.3, 0.4) is 0 Å². The highest BCUT2D eigenvalue weighted by Crippen LogP contribution is 2.24. The van der Waals surface area contributed by atoms with Crippen LogP contribution in [-0.2, 0) is 0 Å². The Hall–Kier alpha value is -3.66. The Kier molecular flexibility index (Phi) is 4.31. The van der Waals surface area contributed by atoms with E-state index in [9.17, 15) is 0 Å². The van der Waals surface area contributed by atoms with Crippen LogP contribution >= 0.6 is 0 Å². The predicted molar refractivity (Wildman–Crippen MR) is 107 cm³/mol. The molecule has 126 valence electrons. The van der Waals surface area contributed by atoms with Crippen molar-refractivity contribution >= 4 is 12.2 Å². The zero-order valence-electron chi connectivity index (χ0n) is 14.2. The molecule has 2 N–H and O–H groups in total. The summed E-state index contributed by atoms with van der Waals surface area (Å²) in [7, 11) is 0. The van der Waals surface area contributed by atoms with E-state index in [1.165, 1.54) is 11.1 Å². The number of anilines is 1. The Morgan fingerprint density at radius 3 is 2.00 bits per heavy atom. The monoisotopic (exact) mass is 338 g/mol. The number of hydrogen-bond donors (Lipinski definition) is 1. The first-order chi connectivity index (χ1) is 12.8. The molecular weight excluding hydrogens is 320 g/mol. The molecule has 3 aromatic carbocycles. The summed E-state index contributed by atoms with van der Waals surface area (Å²) in [6, 6.07) is 28.5. The molecule has 0 saturated carbocycles. The summed E-state index contributed by atoms with van der Waals surface area (Å²) in [5.74, 6) is 0.360. The van der Waals surface area contributed by atoms with Crippen molar-refractivity contribution in [3.63, 3.8) is 0 Å². The van der Waals surface area contributed by atoms with E-state index in [-0.39, 0.29) is 0 Å². The summed E-state index contributed by atoms with van der Waals surface area (Å²) in [5.41, 5.74) is 11.2. The Labute approximate surface area is 152 Å². The lowest BCUT2D eigenvalue weighted by molar-refractivity contribution is 0.898. The second kappa shape index (κ2) is 7.07. The second-order valence-corrected chi connectivity index (χ2v) is 5.93. The fraction of sp³-hybridized carbons (Fsp3) is 0. The van der Waals surface area contributed by atoms with Gasteiger partial charge in [0.15, 0.2) is 0 Å². The SMILES string of the molecule is Nc1nc(-c2ccc(-c3ccccc3)cc2)cn1/N=C/c1ccccc1. The standard InChI is InChI=1S/C22H18N4/c23-22-25-21(16-26(22)24-15-17-7-3-1-4-8-17)20-13-11-19(12-14-20)18-9-5-2-6-10-18/h1-16H,(H2,23,25)/b24-15+. The third-order valence-corrected chi connectivity index (χ3v) is 4.13. The zero-order valence-corrected chi connectivity index (χ0v) is 14.2. The average molecular weight is 338 g/mol. The minimum absolute atomic E-state index is 0.360. The summed E-state index contributed by atoms with van der Waals surface area (Å²) in [4.78, 5) is 4.42. The lowest BCUT2D eigenvalue weighted by Crippen LogP contribution is -1.96. The number of nitrogen functional groups attached to an aromatic ring is 1. The number of hydrogen-bond acceptors (Lipinski definition) is 3. The van der Waals surface area contributed by atoms with Crippen molar-refractivity contribution in [1.29, 1.82) is 0 Å². The number of aromatic nitrogens is 2. The van der Waals surface area contributed by atoms with Crippen molar-refractivity contribution in [2.75, 3.05) is 5.73 Å². The Bertz CT molecular complexity index is 1020. The lowest BCUT2D eigenvalue weighted by atomic mass is 10.0. The molecule has 1 heterocycles. The number of imidazole rings is 1. The van der Waals surface area contributed by atoms with E-state index in [1.54, 1.807) is 10.9 Å². The van der Waals surface area contributed by atoms with Crippen molar-refractivity contribution in [3.8, 4) is 22.4 Å². The van der Waals surface area contributed by atoms with Crippen molar-refractivity contribution in [2.24, 2.45) is 5.10 Å². The Balaban J connectivity index is 1.58. The topological polar surface area (TPSA) is 56.2 Å². The van der Waals surface area contributed by atoms with Crippen LogP contribution in [0.25, 0.3) is 22.4 Å². The van der Waals surface area contributed by atoms with Crippen molar-refractivity contribution in [2.45, 2.75) is 0 Å². The molecule has 4 rings (SSSR count). The maximum atomic E-state index is 6.00. The molecule has 0 fully saturated rings. The molecule has 0 radical (unpaired) electrons.